The second kappa shape index (κ2) is 7.22. The first-order chi connectivity index (χ1) is 14.4. The summed E-state index contributed by atoms with van der Waals surface area (Å²) in [6, 6.07) is 2.06. The number of rotatable bonds is 7. The normalized spacial score (nSPS) is 25.6. The molecule has 30 heavy (non-hydrogen) atoms. The van der Waals surface area contributed by atoms with Crippen LogP contribution in [0.25, 0.3) is 0 Å². The lowest BCUT2D eigenvalue weighted by molar-refractivity contribution is -0.119. The zero-order valence-corrected chi connectivity index (χ0v) is 17.8. The predicted molar refractivity (Wildman–Crippen MR) is 111 cm³/mol. The summed E-state index contributed by atoms with van der Waals surface area (Å²) >= 11 is 0. The average molecular weight is 408 g/mol. The van der Waals surface area contributed by atoms with Gasteiger partial charge in [-0.25, -0.2) is 0 Å². The highest BCUT2D eigenvalue weighted by atomic mass is 16.5. The molecule has 2 unspecified atom stereocenters. The van der Waals surface area contributed by atoms with Crippen molar-refractivity contribution in [3.8, 4) is 0 Å². The minimum Gasteiger partial charge on any atom is -0.340 e. The Labute approximate surface area is 176 Å². The van der Waals surface area contributed by atoms with E-state index in [1.165, 1.54) is 25.7 Å². The van der Waals surface area contributed by atoms with Crippen molar-refractivity contribution < 1.29 is 9.32 Å². The van der Waals surface area contributed by atoms with Gasteiger partial charge < -0.3 is 9.84 Å². The molecule has 3 aliphatic carbocycles. The molecule has 2 aromatic heterocycles. The molecule has 0 aliphatic heterocycles. The minimum atomic E-state index is -0.639. The fourth-order valence-electron chi connectivity index (χ4n) is 4.71. The van der Waals surface area contributed by atoms with E-state index in [0.29, 0.717) is 35.0 Å². The van der Waals surface area contributed by atoms with Crippen molar-refractivity contribution in [2.75, 3.05) is 0 Å². The molecule has 7 nitrogen and oxygen atoms in total. The van der Waals surface area contributed by atoms with Gasteiger partial charge in [-0.15, -0.1) is 0 Å². The SMILES string of the molecule is Cc1nc([C@](C)(CC2CC2)NC(=O)C2=CC(c3ccnn3C)C(C3CC3)C=C2)no1. The first-order valence-electron chi connectivity index (χ1n) is 10.9. The molecule has 3 aliphatic rings. The number of aryl methyl sites for hydroxylation is 2. The Kier molecular flexibility index (Phi) is 4.64. The highest BCUT2D eigenvalue weighted by Gasteiger charge is 2.41. The monoisotopic (exact) mass is 407 g/mol. The number of hydrogen-bond acceptors (Lipinski definition) is 5. The Bertz CT molecular complexity index is 1010. The van der Waals surface area contributed by atoms with Gasteiger partial charge in [0.25, 0.3) is 5.91 Å². The van der Waals surface area contributed by atoms with Crippen molar-refractivity contribution in [2.45, 2.75) is 57.4 Å². The van der Waals surface area contributed by atoms with E-state index in [1.54, 1.807) is 6.92 Å². The molecule has 2 saturated carbocycles. The van der Waals surface area contributed by atoms with Crippen LogP contribution < -0.4 is 5.32 Å². The summed E-state index contributed by atoms with van der Waals surface area (Å²) in [5, 5.41) is 11.7. The Balaban J connectivity index is 1.41. The van der Waals surface area contributed by atoms with Crippen molar-refractivity contribution >= 4 is 5.91 Å². The molecule has 158 valence electrons. The topological polar surface area (TPSA) is 85.8 Å². The Hall–Kier alpha value is -2.70. The number of nitrogens with zero attached hydrogens (tertiary/aromatic N) is 4. The number of nitrogens with one attached hydrogen (secondary N) is 1. The van der Waals surface area contributed by atoms with E-state index in [-0.39, 0.29) is 11.8 Å². The van der Waals surface area contributed by atoms with Crippen molar-refractivity contribution in [2.24, 2.45) is 24.8 Å². The fourth-order valence-corrected chi connectivity index (χ4v) is 4.71. The Morgan fingerprint density at radius 2 is 2.13 bits per heavy atom. The Morgan fingerprint density at radius 3 is 2.73 bits per heavy atom. The van der Waals surface area contributed by atoms with E-state index in [4.69, 9.17) is 4.52 Å². The molecule has 2 aromatic rings. The van der Waals surface area contributed by atoms with Crippen LogP contribution in [0.2, 0.25) is 0 Å². The number of aromatic nitrogens is 4. The average Bonchev–Trinajstić information content (AvgIpc) is 3.64. The molecule has 1 amide bonds. The lowest BCUT2D eigenvalue weighted by Gasteiger charge is -2.30. The maximum Gasteiger partial charge on any atom is 0.251 e. The molecular weight excluding hydrogens is 378 g/mol. The zero-order chi connectivity index (χ0) is 20.9. The number of amides is 1. The van der Waals surface area contributed by atoms with Crippen LogP contribution in [0.15, 0.2) is 40.6 Å². The number of carbonyl (C=O) groups excluding carboxylic acids is 1. The molecule has 0 saturated heterocycles. The summed E-state index contributed by atoms with van der Waals surface area (Å²) in [5.41, 5.74) is 1.21. The van der Waals surface area contributed by atoms with Gasteiger partial charge in [0.1, 0.15) is 5.54 Å². The standard InChI is InChI=1S/C23H29N5O2/c1-14-25-22(27-30-14)23(2,13-15-4-5-15)26-21(29)17-8-9-18(16-6-7-16)19(12-17)20-10-11-24-28(20)3/h8-12,15-16,18-19H,4-7,13H2,1-3H3,(H,26,29)/t18?,19?,23-/m0/s1. The number of hydrogen-bond donors (Lipinski definition) is 1. The third-order valence-electron chi connectivity index (χ3n) is 6.71. The molecular formula is C23H29N5O2. The smallest absolute Gasteiger partial charge is 0.251 e. The second-order valence-corrected chi connectivity index (χ2v) is 9.37. The van der Waals surface area contributed by atoms with E-state index in [1.807, 2.05) is 30.9 Å². The molecule has 0 bridgehead atoms. The van der Waals surface area contributed by atoms with Crippen LogP contribution in [0.4, 0.5) is 0 Å². The van der Waals surface area contributed by atoms with E-state index in [2.05, 4.69) is 38.8 Å². The predicted octanol–water partition coefficient (Wildman–Crippen LogP) is 3.55. The lowest BCUT2D eigenvalue weighted by atomic mass is 9.80. The summed E-state index contributed by atoms with van der Waals surface area (Å²) in [6.45, 7) is 3.78. The molecule has 7 heteroatoms. The van der Waals surface area contributed by atoms with Crippen LogP contribution in [-0.2, 0) is 17.4 Å². The highest BCUT2D eigenvalue weighted by Crippen LogP contribution is 2.47. The highest BCUT2D eigenvalue weighted by molar-refractivity contribution is 5.97. The van der Waals surface area contributed by atoms with E-state index in [0.717, 1.165) is 12.1 Å². The van der Waals surface area contributed by atoms with Gasteiger partial charge in [0.05, 0.1) is 0 Å². The van der Waals surface area contributed by atoms with Crippen LogP contribution >= 0.6 is 0 Å². The molecule has 3 atom stereocenters. The van der Waals surface area contributed by atoms with Crippen molar-refractivity contribution in [1.82, 2.24) is 25.2 Å². The zero-order valence-electron chi connectivity index (χ0n) is 17.8. The van der Waals surface area contributed by atoms with Gasteiger partial charge in [0.15, 0.2) is 5.82 Å². The first kappa shape index (κ1) is 19.3. The van der Waals surface area contributed by atoms with Crippen LogP contribution in [0, 0.1) is 24.7 Å². The summed E-state index contributed by atoms with van der Waals surface area (Å²) in [7, 11) is 1.97. The van der Waals surface area contributed by atoms with Gasteiger partial charge in [-0.3, -0.25) is 9.48 Å². The van der Waals surface area contributed by atoms with E-state index < -0.39 is 5.54 Å². The first-order valence-corrected chi connectivity index (χ1v) is 10.9. The lowest BCUT2D eigenvalue weighted by Crippen LogP contribution is -2.45. The minimum absolute atomic E-state index is 0.0849. The van der Waals surface area contributed by atoms with Gasteiger partial charge >= 0.3 is 0 Å². The third kappa shape index (κ3) is 3.73. The van der Waals surface area contributed by atoms with Crippen molar-refractivity contribution in [3.63, 3.8) is 0 Å². The van der Waals surface area contributed by atoms with Crippen LogP contribution in [0.1, 0.15) is 62.4 Å². The largest absolute Gasteiger partial charge is 0.340 e. The molecule has 0 aromatic carbocycles. The van der Waals surface area contributed by atoms with Crippen LogP contribution in [-0.4, -0.2) is 25.8 Å². The molecule has 1 N–H and O–H groups in total. The maximum absolute atomic E-state index is 13.3. The number of carbonyl (C=O) groups is 1. The van der Waals surface area contributed by atoms with Crippen LogP contribution in [0.3, 0.4) is 0 Å². The molecule has 2 fully saturated rings. The summed E-state index contributed by atoms with van der Waals surface area (Å²) < 4.78 is 7.14. The van der Waals surface area contributed by atoms with Crippen molar-refractivity contribution in [3.05, 3.63) is 53.5 Å². The summed E-state index contributed by atoms with van der Waals surface area (Å²) in [4.78, 5) is 17.8. The van der Waals surface area contributed by atoms with Gasteiger partial charge in [-0.1, -0.05) is 36.2 Å². The van der Waals surface area contributed by atoms with E-state index in [9.17, 15) is 4.79 Å². The molecule has 0 spiro atoms. The van der Waals surface area contributed by atoms with E-state index >= 15 is 0 Å². The summed E-state index contributed by atoms with van der Waals surface area (Å²) in [5.74, 6) is 2.88. The van der Waals surface area contributed by atoms with Crippen molar-refractivity contribution in [1.29, 1.82) is 0 Å². The van der Waals surface area contributed by atoms with Crippen LogP contribution in [0.5, 0.6) is 0 Å². The summed E-state index contributed by atoms with van der Waals surface area (Å²) in [6.07, 6.45) is 13.9. The molecule has 0 radical (unpaired) electrons. The van der Waals surface area contributed by atoms with Gasteiger partial charge in [-0.05, 0) is 50.0 Å². The van der Waals surface area contributed by atoms with Gasteiger partial charge in [-0.2, -0.15) is 10.1 Å². The quantitative estimate of drug-likeness (QED) is 0.759. The third-order valence-corrected chi connectivity index (χ3v) is 6.71. The molecule has 5 rings (SSSR count). The number of allylic oxidation sites excluding steroid dienone is 2. The van der Waals surface area contributed by atoms with Gasteiger partial charge in [0, 0.05) is 37.4 Å². The molecule has 2 heterocycles. The van der Waals surface area contributed by atoms with Gasteiger partial charge in [0.2, 0.25) is 5.89 Å². The Morgan fingerprint density at radius 1 is 1.33 bits per heavy atom. The fraction of sp³-hybridized carbons (Fsp3) is 0.565. The second-order valence-electron chi connectivity index (χ2n) is 9.37. The maximum atomic E-state index is 13.3.